The van der Waals surface area contributed by atoms with E-state index in [2.05, 4.69) is 39.8 Å². The van der Waals surface area contributed by atoms with Crippen LogP contribution >= 0.6 is 24.8 Å². The van der Waals surface area contributed by atoms with Gasteiger partial charge >= 0.3 is 0 Å². The molecule has 1 fully saturated rings. The Hall–Kier alpha value is -3.02. The molecule has 0 saturated carbocycles. The van der Waals surface area contributed by atoms with Crippen LogP contribution in [0.4, 0.5) is 28.8 Å². The molecule has 166 valence electrons. The molecule has 0 unspecified atom stereocenters. The summed E-state index contributed by atoms with van der Waals surface area (Å²) in [5, 5.41) is 7.79. The van der Waals surface area contributed by atoms with Gasteiger partial charge in [0.1, 0.15) is 5.82 Å². The summed E-state index contributed by atoms with van der Waals surface area (Å²) in [6.45, 7) is 2.30. The highest BCUT2D eigenvalue weighted by Gasteiger charge is 2.11. The number of anilines is 5. The molecule has 4 aromatic rings. The molecule has 1 aliphatic heterocycles. The molecule has 0 bridgehead atoms. The van der Waals surface area contributed by atoms with Gasteiger partial charge in [-0.25, -0.2) is 4.98 Å². The lowest BCUT2D eigenvalue weighted by atomic mass is 10.1. The smallest absolute Gasteiger partial charge is 0.229 e. The molecular formula is C25H27Cl2N5. The molecule has 0 atom stereocenters. The summed E-state index contributed by atoms with van der Waals surface area (Å²) in [4.78, 5) is 11.9. The summed E-state index contributed by atoms with van der Waals surface area (Å²) in [7, 11) is 0. The number of nitrogens with zero attached hydrogens (tertiary/aromatic N) is 3. The Kier molecular flexibility index (Phi) is 8.14. The van der Waals surface area contributed by atoms with E-state index in [1.165, 1.54) is 24.9 Å². The fraction of sp³-hybridized carbons (Fsp3) is 0.200. The van der Waals surface area contributed by atoms with E-state index in [4.69, 9.17) is 9.97 Å². The molecule has 0 radical (unpaired) electrons. The zero-order valence-electron chi connectivity index (χ0n) is 17.7. The molecule has 2 heterocycles. The maximum atomic E-state index is 4.76. The summed E-state index contributed by atoms with van der Waals surface area (Å²) in [5.74, 6) is 1.37. The second-order valence-corrected chi connectivity index (χ2v) is 7.62. The summed E-state index contributed by atoms with van der Waals surface area (Å²) >= 11 is 0. The first-order valence-electron chi connectivity index (χ1n) is 10.6. The van der Waals surface area contributed by atoms with Crippen molar-refractivity contribution in [1.82, 2.24) is 9.97 Å². The van der Waals surface area contributed by atoms with Crippen molar-refractivity contribution in [2.24, 2.45) is 0 Å². The molecule has 1 aliphatic rings. The number of benzene rings is 3. The van der Waals surface area contributed by atoms with E-state index < -0.39 is 0 Å². The molecule has 7 heteroatoms. The van der Waals surface area contributed by atoms with E-state index in [1.54, 1.807) is 0 Å². The summed E-state index contributed by atoms with van der Waals surface area (Å²) in [6, 6.07) is 26.7. The van der Waals surface area contributed by atoms with Gasteiger partial charge in [-0.2, -0.15) is 4.98 Å². The molecule has 5 nitrogen and oxygen atoms in total. The Balaban J connectivity index is 0.00000144. The van der Waals surface area contributed by atoms with Crippen LogP contribution in [0.5, 0.6) is 0 Å². The lowest BCUT2D eigenvalue weighted by Gasteiger charge is -2.28. The lowest BCUT2D eigenvalue weighted by Crippen LogP contribution is -2.29. The fourth-order valence-corrected chi connectivity index (χ4v) is 3.92. The Morgan fingerprint density at radius 3 is 2.03 bits per heavy atom. The van der Waals surface area contributed by atoms with Crippen LogP contribution in [0.15, 0.2) is 78.9 Å². The van der Waals surface area contributed by atoms with E-state index >= 15 is 0 Å². The molecule has 0 aliphatic carbocycles. The second-order valence-electron chi connectivity index (χ2n) is 7.62. The number of halogens is 2. The number of rotatable bonds is 5. The third-order valence-corrected chi connectivity index (χ3v) is 5.48. The minimum Gasteiger partial charge on any atom is -0.372 e. The Bertz CT molecular complexity index is 1130. The number of nitrogens with one attached hydrogen (secondary N) is 2. The zero-order chi connectivity index (χ0) is 20.2. The van der Waals surface area contributed by atoms with Crippen LogP contribution in [0.25, 0.3) is 10.9 Å². The van der Waals surface area contributed by atoms with Crippen molar-refractivity contribution >= 4 is 64.5 Å². The summed E-state index contributed by atoms with van der Waals surface area (Å²) in [6.07, 6.45) is 3.90. The topological polar surface area (TPSA) is 53.1 Å². The van der Waals surface area contributed by atoms with Gasteiger partial charge in [-0.15, -0.1) is 24.8 Å². The van der Waals surface area contributed by atoms with Crippen LogP contribution in [0.2, 0.25) is 0 Å². The molecule has 2 N–H and O–H groups in total. The van der Waals surface area contributed by atoms with Gasteiger partial charge < -0.3 is 15.5 Å². The summed E-state index contributed by atoms with van der Waals surface area (Å²) in [5.41, 5.74) is 4.17. The van der Waals surface area contributed by atoms with Crippen LogP contribution < -0.4 is 15.5 Å². The first-order valence-corrected chi connectivity index (χ1v) is 10.6. The molecule has 32 heavy (non-hydrogen) atoms. The molecule has 1 saturated heterocycles. The number of fused-ring (bicyclic) bond motifs is 1. The van der Waals surface area contributed by atoms with Crippen LogP contribution in [-0.4, -0.2) is 23.1 Å². The minimum absolute atomic E-state index is 0. The Morgan fingerprint density at radius 2 is 1.28 bits per heavy atom. The van der Waals surface area contributed by atoms with Gasteiger partial charge in [0.25, 0.3) is 0 Å². The van der Waals surface area contributed by atoms with E-state index in [1.807, 2.05) is 54.6 Å². The average Bonchev–Trinajstić information content (AvgIpc) is 2.81. The largest absolute Gasteiger partial charge is 0.372 e. The number of para-hydroxylation sites is 2. The van der Waals surface area contributed by atoms with Crippen molar-refractivity contribution in [3.63, 3.8) is 0 Å². The maximum Gasteiger partial charge on any atom is 0.229 e. The van der Waals surface area contributed by atoms with Gasteiger partial charge in [-0.1, -0.05) is 30.3 Å². The third kappa shape index (κ3) is 5.42. The third-order valence-electron chi connectivity index (χ3n) is 5.48. The average molecular weight is 468 g/mol. The molecule has 1 aromatic heterocycles. The first-order chi connectivity index (χ1) is 14.8. The summed E-state index contributed by atoms with van der Waals surface area (Å²) < 4.78 is 0. The molecule has 5 rings (SSSR count). The first kappa shape index (κ1) is 23.6. The van der Waals surface area contributed by atoms with E-state index in [-0.39, 0.29) is 24.8 Å². The monoisotopic (exact) mass is 467 g/mol. The zero-order valence-corrected chi connectivity index (χ0v) is 19.3. The van der Waals surface area contributed by atoms with E-state index in [9.17, 15) is 0 Å². The van der Waals surface area contributed by atoms with E-state index in [0.29, 0.717) is 5.95 Å². The highest BCUT2D eigenvalue weighted by atomic mass is 35.5. The Labute approximate surface area is 201 Å². The number of piperidine rings is 1. The standard InChI is InChI=1S/C25H25N5.2ClH/c1-3-9-19(10-4-1)26-24-22-11-5-6-12-23(22)28-25(29-24)27-20-13-15-21(16-14-20)30-17-7-2-8-18-30;;/h1,3-6,9-16H,2,7-8,17-18H2,(H2,26,27,28,29);2*1H. The van der Waals surface area contributed by atoms with Gasteiger partial charge in [0.2, 0.25) is 5.95 Å². The minimum atomic E-state index is 0. The fourth-order valence-electron chi connectivity index (χ4n) is 3.92. The van der Waals surface area contributed by atoms with Crippen molar-refractivity contribution in [1.29, 1.82) is 0 Å². The quantitative estimate of drug-likeness (QED) is 0.332. The molecule has 3 aromatic carbocycles. The van der Waals surface area contributed by atoms with Crippen LogP contribution in [-0.2, 0) is 0 Å². The van der Waals surface area contributed by atoms with Crippen LogP contribution in [0, 0.1) is 0 Å². The van der Waals surface area contributed by atoms with Gasteiger partial charge in [-0.05, 0) is 67.8 Å². The lowest BCUT2D eigenvalue weighted by molar-refractivity contribution is 0.578. The SMILES string of the molecule is Cl.Cl.c1ccc(Nc2nc(Nc3ccc(N4CCCCC4)cc3)nc3ccccc23)cc1. The molecule has 0 amide bonds. The van der Waals surface area contributed by atoms with Crippen molar-refractivity contribution < 1.29 is 0 Å². The van der Waals surface area contributed by atoms with Gasteiger partial charge in [-0.3, -0.25) is 0 Å². The van der Waals surface area contributed by atoms with Crippen LogP contribution in [0.3, 0.4) is 0 Å². The number of aromatic nitrogens is 2. The van der Waals surface area contributed by atoms with Gasteiger partial charge in [0, 0.05) is 35.5 Å². The molecular weight excluding hydrogens is 441 g/mol. The predicted octanol–water partition coefficient (Wildman–Crippen LogP) is 6.95. The molecule has 0 spiro atoms. The van der Waals surface area contributed by atoms with Crippen molar-refractivity contribution in [3.8, 4) is 0 Å². The number of hydrogen-bond donors (Lipinski definition) is 2. The maximum absolute atomic E-state index is 4.76. The van der Waals surface area contributed by atoms with Crippen molar-refractivity contribution in [2.45, 2.75) is 19.3 Å². The van der Waals surface area contributed by atoms with Gasteiger partial charge in [0.05, 0.1) is 5.52 Å². The van der Waals surface area contributed by atoms with E-state index in [0.717, 1.165) is 41.2 Å². The highest BCUT2D eigenvalue weighted by molar-refractivity contribution is 5.92. The highest BCUT2D eigenvalue weighted by Crippen LogP contribution is 2.27. The number of hydrogen-bond acceptors (Lipinski definition) is 5. The van der Waals surface area contributed by atoms with Crippen molar-refractivity contribution in [2.75, 3.05) is 28.6 Å². The van der Waals surface area contributed by atoms with Crippen LogP contribution in [0.1, 0.15) is 19.3 Å². The second kappa shape index (κ2) is 11.0. The van der Waals surface area contributed by atoms with Crippen molar-refractivity contribution in [3.05, 3.63) is 78.9 Å². The predicted molar refractivity (Wildman–Crippen MR) is 140 cm³/mol. The normalized spacial score (nSPS) is 13.1. The Morgan fingerprint density at radius 1 is 0.625 bits per heavy atom. The van der Waals surface area contributed by atoms with Gasteiger partial charge in [0.15, 0.2) is 0 Å².